The monoisotopic (exact) mass is 322 g/mol. The molecule has 5 nitrogen and oxygen atoms in total. The lowest BCUT2D eigenvalue weighted by molar-refractivity contribution is -0.384. The molecule has 1 aromatic heterocycles. The highest BCUT2D eigenvalue weighted by molar-refractivity contribution is 9.10. The van der Waals surface area contributed by atoms with Crippen LogP contribution in [0.1, 0.15) is 11.1 Å². The number of ether oxygens (including phenoxy) is 1. The van der Waals surface area contributed by atoms with E-state index in [2.05, 4.69) is 20.9 Å². The molecule has 0 aliphatic carbocycles. The third kappa shape index (κ3) is 3.08. The summed E-state index contributed by atoms with van der Waals surface area (Å²) in [5.41, 5.74) is 1.66. The van der Waals surface area contributed by atoms with E-state index in [9.17, 15) is 10.1 Å². The van der Waals surface area contributed by atoms with Crippen molar-refractivity contribution in [2.75, 3.05) is 0 Å². The topological polar surface area (TPSA) is 65.3 Å². The summed E-state index contributed by atoms with van der Waals surface area (Å²) in [5.74, 6) is 0.874. The Labute approximate surface area is 118 Å². The SMILES string of the molecule is Cc1ccc([N+](=O)[O-])cc1Oc1ncc(Br)cc1C. The van der Waals surface area contributed by atoms with E-state index in [-0.39, 0.29) is 5.69 Å². The molecule has 0 saturated carbocycles. The standard InChI is InChI=1S/C13H11BrN2O3/c1-8-3-4-11(16(17)18)6-12(8)19-13-9(2)5-10(14)7-15-13/h3-7H,1-2H3. The van der Waals surface area contributed by atoms with Crippen LogP contribution in [0.4, 0.5) is 5.69 Å². The number of rotatable bonds is 3. The summed E-state index contributed by atoms with van der Waals surface area (Å²) < 4.78 is 6.50. The molecule has 19 heavy (non-hydrogen) atoms. The predicted octanol–water partition coefficient (Wildman–Crippen LogP) is 4.16. The molecule has 0 aliphatic rings. The average molecular weight is 323 g/mol. The predicted molar refractivity (Wildman–Crippen MR) is 74.6 cm³/mol. The van der Waals surface area contributed by atoms with E-state index in [0.29, 0.717) is 11.6 Å². The largest absolute Gasteiger partial charge is 0.438 e. The lowest BCUT2D eigenvalue weighted by Crippen LogP contribution is -1.95. The number of nitro groups is 1. The third-order valence-electron chi connectivity index (χ3n) is 2.59. The first kappa shape index (κ1) is 13.5. The summed E-state index contributed by atoms with van der Waals surface area (Å²) in [6.45, 7) is 3.69. The molecule has 0 fully saturated rings. The second-order valence-electron chi connectivity index (χ2n) is 4.08. The van der Waals surface area contributed by atoms with Crippen molar-refractivity contribution in [2.45, 2.75) is 13.8 Å². The van der Waals surface area contributed by atoms with Gasteiger partial charge in [0.25, 0.3) is 5.69 Å². The Bertz CT molecular complexity index is 644. The first-order valence-corrected chi connectivity index (χ1v) is 6.31. The molecule has 0 aliphatic heterocycles. The van der Waals surface area contributed by atoms with Crippen LogP contribution in [-0.4, -0.2) is 9.91 Å². The zero-order valence-corrected chi connectivity index (χ0v) is 12.0. The van der Waals surface area contributed by atoms with E-state index in [1.807, 2.05) is 19.9 Å². The second-order valence-corrected chi connectivity index (χ2v) is 5.00. The summed E-state index contributed by atoms with van der Waals surface area (Å²) in [6, 6.07) is 6.37. The summed E-state index contributed by atoms with van der Waals surface area (Å²) >= 11 is 3.32. The Kier molecular flexibility index (Phi) is 3.80. The van der Waals surface area contributed by atoms with Gasteiger partial charge in [-0.15, -0.1) is 0 Å². The van der Waals surface area contributed by atoms with Crippen LogP contribution in [0.25, 0.3) is 0 Å². The van der Waals surface area contributed by atoms with Gasteiger partial charge in [0.1, 0.15) is 5.75 Å². The molecule has 2 aromatic rings. The number of nitro benzene ring substituents is 1. The molecule has 2 rings (SSSR count). The van der Waals surface area contributed by atoms with Crippen LogP contribution < -0.4 is 4.74 Å². The Morgan fingerprint density at radius 2 is 2.00 bits per heavy atom. The van der Waals surface area contributed by atoms with Gasteiger partial charge in [-0.25, -0.2) is 4.98 Å². The highest BCUT2D eigenvalue weighted by Gasteiger charge is 2.12. The molecule has 98 valence electrons. The van der Waals surface area contributed by atoms with E-state index in [1.165, 1.54) is 12.1 Å². The maximum absolute atomic E-state index is 10.8. The summed E-state index contributed by atoms with van der Waals surface area (Å²) in [5, 5.41) is 10.8. The molecular formula is C13H11BrN2O3. The Balaban J connectivity index is 2.37. The molecule has 0 amide bonds. The highest BCUT2D eigenvalue weighted by atomic mass is 79.9. The number of nitrogens with zero attached hydrogens (tertiary/aromatic N) is 2. The molecule has 0 atom stereocenters. The number of benzene rings is 1. The van der Waals surface area contributed by atoms with Crippen molar-refractivity contribution in [1.82, 2.24) is 4.98 Å². The van der Waals surface area contributed by atoms with Crippen LogP contribution in [0.2, 0.25) is 0 Å². The normalized spacial score (nSPS) is 10.3. The Hall–Kier alpha value is -1.95. The van der Waals surface area contributed by atoms with Crippen LogP contribution >= 0.6 is 15.9 Å². The molecule has 0 unspecified atom stereocenters. The van der Waals surface area contributed by atoms with Crippen LogP contribution in [0, 0.1) is 24.0 Å². The summed E-state index contributed by atoms with van der Waals surface area (Å²) in [4.78, 5) is 14.5. The van der Waals surface area contributed by atoms with Gasteiger partial charge < -0.3 is 4.74 Å². The lowest BCUT2D eigenvalue weighted by atomic mass is 10.2. The minimum Gasteiger partial charge on any atom is -0.438 e. The van der Waals surface area contributed by atoms with Crippen molar-refractivity contribution < 1.29 is 9.66 Å². The van der Waals surface area contributed by atoms with Crippen LogP contribution in [-0.2, 0) is 0 Å². The van der Waals surface area contributed by atoms with Gasteiger partial charge in [0.05, 0.1) is 11.0 Å². The average Bonchev–Trinajstić information content (AvgIpc) is 2.34. The fraction of sp³-hybridized carbons (Fsp3) is 0.154. The van der Waals surface area contributed by atoms with Crippen molar-refractivity contribution in [2.24, 2.45) is 0 Å². The van der Waals surface area contributed by atoms with Gasteiger partial charge in [-0.2, -0.15) is 0 Å². The van der Waals surface area contributed by atoms with Gasteiger partial charge in [-0.3, -0.25) is 10.1 Å². The van der Waals surface area contributed by atoms with Crippen LogP contribution in [0.15, 0.2) is 34.9 Å². The van der Waals surface area contributed by atoms with Gasteiger partial charge >= 0.3 is 0 Å². The molecule has 6 heteroatoms. The molecular weight excluding hydrogens is 312 g/mol. The quantitative estimate of drug-likeness (QED) is 0.628. The first-order valence-electron chi connectivity index (χ1n) is 5.52. The van der Waals surface area contributed by atoms with Gasteiger partial charge in [0.2, 0.25) is 5.88 Å². The van der Waals surface area contributed by atoms with Crippen molar-refractivity contribution in [3.63, 3.8) is 0 Å². The molecule has 0 radical (unpaired) electrons. The number of pyridine rings is 1. The smallest absolute Gasteiger partial charge is 0.273 e. The molecule has 0 spiro atoms. The molecule has 0 N–H and O–H groups in total. The van der Waals surface area contributed by atoms with Gasteiger partial charge in [-0.1, -0.05) is 0 Å². The fourth-order valence-electron chi connectivity index (χ4n) is 1.55. The molecule has 1 heterocycles. The molecule has 0 saturated heterocycles. The molecule has 0 bridgehead atoms. The van der Waals surface area contributed by atoms with E-state index in [1.54, 1.807) is 12.3 Å². The van der Waals surface area contributed by atoms with Crippen molar-refractivity contribution in [3.05, 3.63) is 56.2 Å². The number of hydrogen-bond acceptors (Lipinski definition) is 4. The number of aromatic nitrogens is 1. The van der Waals surface area contributed by atoms with Gasteiger partial charge in [0, 0.05) is 22.3 Å². The van der Waals surface area contributed by atoms with Crippen molar-refractivity contribution >= 4 is 21.6 Å². The maximum atomic E-state index is 10.8. The van der Waals surface area contributed by atoms with Crippen molar-refractivity contribution in [3.8, 4) is 11.6 Å². The first-order chi connectivity index (χ1) is 8.97. The van der Waals surface area contributed by atoms with Gasteiger partial charge in [0.15, 0.2) is 0 Å². The van der Waals surface area contributed by atoms with E-state index in [0.717, 1.165) is 15.6 Å². The van der Waals surface area contributed by atoms with Gasteiger partial charge in [-0.05, 0) is 47.5 Å². The summed E-state index contributed by atoms with van der Waals surface area (Å²) in [7, 11) is 0. The van der Waals surface area contributed by atoms with Crippen LogP contribution in [0.3, 0.4) is 0 Å². The molecule has 1 aromatic carbocycles. The number of non-ortho nitro benzene ring substituents is 1. The zero-order valence-electron chi connectivity index (χ0n) is 10.4. The number of aryl methyl sites for hydroxylation is 2. The Morgan fingerprint density at radius 3 is 2.63 bits per heavy atom. The third-order valence-corrected chi connectivity index (χ3v) is 3.02. The van der Waals surface area contributed by atoms with E-state index < -0.39 is 4.92 Å². The maximum Gasteiger partial charge on any atom is 0.273 e. The Morgan fingerprint density at radius 1 is 1.26 bits per heavy atom. The zero-order chi connectivity index (χ0) is 14.0. The second kappa shape index (κ2) is 5.36. The lowest BCUT2D eigenvalue weighted by Gasteiger charge is -2.09. The van der Waals surface area contributed by atoms with Crippen molar-refractivity contribution in [1.29, 1.82) is 0 Å². The van der Waals surface area contributed by atoms with Crippen LogP contribution in [0.5, 0.6) is 11.6 Å². The highest BCUT2D eigenvalue weighted by Crippen LogP contribution is 2.30. The minimum absolute atomic E-state index is 0.00429. The fourth-order valence-corrected chi connectivity index (χ4v) is 2.00. The minimum atomic E-state index is -0.450. The number of hydrogen-bond donors (Lipinski definition) is 0. The van der Waals surface area contributed by atoms with E-state index in [4.69, 9.17) is 4.74 Å². The number of halogens is 1. The summed E-state index contributed by atoms with van der Waals surface area (Å²) in [6.07, 6.45) is 1.62. The van der Waals surface area contributed by atoms with E-state index >= 15 is 0 Å².